The molecule has 0 aliphatic carbocycles. The van der Waals surface area contributed by atoms with Crippen LogP contribution in [-0.2, 0) is 4.79 Å². The Kier molecular flexibility index (Phi) is 5.60. The van der Waals surface area contributed by atoms with Crippen LogP contribution in [0.25, 0.3) is 0 Å². The summed E-state index contributed by atoms with van der Waals surface area (Å²) >= 11 is 5.84. The molecule has 0 bridgehead atoms. The number of halogens is 1. The van der Waals surface area contributed by atoms with Gasteiger partial charge in [0.25, 0.3) is 11.8 Å². The van der Waals surface area contributed by atoms with Crippen molar-refractivity contribution < 1.29 is 9.59 Å². The van der Waals surface area contributed by atoms with E-state index in [1.807, 2.05) is 19.9 Å². The highest BCUT2D eigenvalue weighted by Crippen LogP contribution is 2.13. The molecule has 0 saturated heterocycles. The van der Waals surface area contributed by atoms with E-state index in [4.69, 9.17) is 11.6 Å². The fourth-order valence-corrected chi connectivity index (χ4v) is 2.09. The normalized spacial score (nSPS) is 10.0. The highest BCUT2D eigenvalue weighted by molar-refractivity contribution is 6.30. The lowest BCUT2D eigenvalue weighted by Gasteiger charge is -2.10. The Labute approximate surface area is 140 Å². The Hall–Kier alpha value is -2.53. The van der Waals surface area contributed by atoms with Gasteiger partial charge in [0.15, 0.2) is 0 Å². The van der Waals surface area contributed by atoms with E-state index in [0.717, 1.165) is 11.1 Å². The number of anilines is 1. The molecule has 0 spiro atoms. The second kappa shape index (κ2) is 7.65. The van der Waals surface area contributed by atoms with E-state index in [1.54, 1.807) is 36.4 Å². The van der Waals surface area contributed by atoms with Crippen molar-refractivity contribution in [2.24, 2.45) is 0 Å². The van der Waals surface area contributed by atoms with Crippen molar-refractivity contribution in [2.75, 3.05) is 12.0 Å². The maximum absolute atomic E-state index is 12.0. The van der Waals surface area contributed by atoms with Gasteiger partial charge in [0.2, 0.25) is 0 Å². The number of hydrazine groups is 1. The minimum absolute atomic E-state index is 0.126. The number of nitrogens with one attached hydrogen (secondary N) is 3. The molecule has 0 aliphatic rings. The van der Waals surface area contributed by atoms with E-state index >= 15 is 0 Å². The molecule has 0 saturated carbocycles. The number of aryl methyl sites for hydroxylation is 2. The first-order valence-corrected chi connectivity index (χ1v) is 7.49. The maximum atomic E-state index is 12.0. The van der Waals surface area contributed by atoms with E-state index in [2.05, 4.69) is 16.2 Å². The lowest BCUT2D eigenvalue weighted by atomic mass is 10.1. The Morgan fingerprint density at radius 3 is 2.52 bits per heavy atom. The molecule has 120 valence electrons. The molecule has 3 N–H and O–H groups in total. The average molecular weight is 332 g/mol. The summed E-state index contributed by atoms with van der Waals surface area (Å²) in [6, 6.07) is 12.4. The van der Waals surface area contributed by atoms with Crippen LogP contribution in [0.5, 0.6) is 0 Å². The smallest absolute Gasteiger partial charge is 0.257 e. The number of hydrogen-bond donors (Lipinski definition) is 3. The van der Waals surface area contributed by atoms with Crippen molar-refractivity contribution in [3.63, 3.8) is 0 Å². The molecule has 0 fully saturated rings. The Balaban J connectivity index is 1.81. The van der Waals surface area contributed by atoms with Gasteiger partial charge >= 0.3 is 0 Å². The number of carbonyl (C=O) groups is 2. The van der Waals surface area contributed by atoms with Gasteiger partial charge < -0.3 is 5.32 Å². The first-order valence-electron chi connectivity index (χ1n) is 7.11. The first kappa shape index (κ1) is 16.8. The molecule has 0 radical (unpaired) electrons. The third-order valence-electron chi connectivity index (χ3n) is 3.35. The van der Waals surface area contributed by atoms with Crippen molar-refractivity contribution >= 4 is 29.1 Å². The van der Waals surface area contributed by atoms with Gasteiger partial charge in [-0.2, -0.15) is 0 Å². The molecule has 2 aromatic rings. The van der Waals surface area contributed by atoms with Gasteiger partial charge in [0, 0.05) is 10.6 Å². The van der Waals surface area contributed by atoms with Crippen molar-refractivity contribution in [2.45, 2.75) is 13.8 Å². The number of hydrogen-bond acceptors (Lipinski definition) is 3. The van der Waals surface area contributed by atoms with E-state index in [-0.39, 0.29) is 18.4 Å². The average Bonchev–Trinajstić information content (AvgIpc) is 2.53. The molecule has 2 rings (SSSR count). The third kappa shape index (κ3) is 5.00. The molecule has 0 heterocycles. The minimum atomic E-state index is -0.359. The van der Waals surface area contributed by atoms with Gasteiger partial charge in [-0.1, -0.05) is 23.7 Å². The van der Waals surface area contributed by atoms with Crippen molar-refractivity contribution in [3.05, 3.63) is 64.2 Å². The van der Waals surface area contributed by atoms with Crippen LogP contribution in [0.15, 0.2) is 42.5 Å². The molecule has 0 atom stereocenters. The maximum Gasteiger partial charge on any atom is 0.257 e. The zero-order chi connectivity index (χ0) is 16.8. The standard InChI is InChI=1S/C17H18ClN3O2/c1-11-6-7-13(8-12(11)2)17(23)19-10-16(22)21-20-15-5-3-4-14(18)9-15/h3-9,20H,10H2,1-2H3,(H,19,23)(H,21,22). The van der Waals surface area contributed by atoms with E-state index in [9.17, 15) is 9.59 Å². The topological polar surface area (TPSA) is 70.2 Å². The summed E-state index contributed by atoms with van der Waals surface area (Å²) in [5, 5.41) is 3.14. The highest BCUT2D eigenvalue weighted by atomic mass is 35.5. The Morgan fingerprint density at radius 2 is 1.83 bits per heavy atom. The Morgan fingerprint density at radius 1 is 1.04 bits per heavy atom. The SMILES string of the molecule is Cc1ccc(C(=O)NCC(=O)NNc2cccc(Cl)c2)cc1C. The number of carbonyl (C=O) groups excluding carboxylic acids is 2. The summed E-state index contributed by atoms with van der Waals surface area (Å²) in [4.78, 5) is 23.7. The molecule has 6 heteroatoms. The van der Waals surface area contributed by atoms with Crippen molar-refractivity contribution in [1.29, 1.82) is 0 Å². The van der Waals surface area contributed by atoms with E-state index in [1.165, 1.54) is 0 Å². The quantitative estimate of drug-likeness (QED) is 0.738. The minimum Gasteiger partial charge on any atom is -0.343 e. The van der Waals surface area contributed by atoms with Crippen LogP contribution in [-0.4, -0.2) is 18.4 Å². The van der Waals surface area contributed by atoms with Gasteiger partial charge in [-0.15, -0.1) is 0 Å². The van der Waals surface area contributed by atoms with Gasteiger partial charge in [-0.05, 0) is 55.3 Å². The fourth-order valence-electron chi connectivity index (χ4n) is 1.90. The predicted octanol–water partition coefficient (Wildman–Crippen LogP) is 2.83. The van der Waals surface area contributed by atoms with Crippen LogP contribution >= 0.6 is 11.6 Å². The number of benzene rings is 2. The largest absolute Gasteiger partial charge is 0.343 e. The second-order valence-electron chi connectivity index (χ2n) is 5.17. The second-order valence-corrected chi connectivity index (χ2v) is 5.60. The highest BCUT2D eigenvalue weighted by Gasteiger charge is 2.08. The lowest BCUT2D eigenvalue weighted by Crippen LogP contribution is -2.39. The van der Waals surface area contributed by atoms with E-state index < -0.39 is 0 Å². The monoisotopic (exact) mass is 331 g/mol. The lowest BCUT2D eigenvalue weighted by molar-refractivity contribution is -0.119. The number of rotatable bonds is 5. The molecule has 5 nitrogen and oxygen atoms in total. The first-order chi connectivity index (χ1) is 11.0. The summed E-state index contributed by atoms with van der Waals surface area (Å²) in [6.45, 7) is 3.79. The van der Waals surface area contributed by atoms with Crippen LogP contribution in [0.3, 0.4) is 0 Å². The molecule has 2 amide bonds. The van der Waals surface area contributed by atoms with Crippen LogP contribution in [0.2, 0.25) is 5.02 Å². The summed E-state index contributed by atoms with van der Waals surface area (Å²) in [6.07, 6.45) is 0. The van der Waals surface area contributed by atoms with Gasteiger partial charge in [-0.3, -0.25) is 20.4 Å². The summed E-state index contributed by atoms with van der Waals surface area (Å²) < 4.78 is 0. The molecule has 0 aliphatic heterocycles. The third-order valence-corrected chi connectivity index (χ3v) is 3.58. The molecule has 0 aromatic heterocycles. The Bertz CT molecular complexity index is 732. The molecular formula is C17H18ClN3O2. The zero-order valence-corrected chi connectivity index (χ0v) is 13.7. The fraction of sp³-hybridized carbons (Fsp3) is 0.176. The van der Waals surface area contributed by atoms with Crippen LogP contribution in [0, 0.1) is 13.8 Å². The van der Waals surface area contributed by atoms with Gasteiger partial charge in [0.1, 0.15) is 0 Å². The summed E-state index contributed by atoms with van der Waals surface area (Å²) in [7, 11) is 0. The summed E-state index contributed by atoms with van der Waals surface area (Å²) in [5.74, 6) is -0.645. The van der Waals surface area contributed by atoms with Gasteiger partial charge in [-0.25, -0.2) is 0 Å². The van der Waals surface area contributed by atoms with Gasteiger partial charge in [0.05, 0.1) is 12.2 Å². The van der Waals surface area contributed by atoms with Crippen LogP contribution in [0.4, 0.5) is 5.69 Å². The van der Waals surface area contributed by atoms with Crippen molar-refractivity contribution in [3.8, 4) is 0 Å². The van der Waals surface area contributed by atoms with Crippen LogP contribution in [0.1, 0.15) is 21.5 Å². The molecule has 23 heavy (non-hydrogen) atoms. The van der Waals surface area contributed by atoms with Crippen molar-refractivity contribution in [1.82, 2.24) is 10.7 Å². The molecule has 0 unspecified atom stereocenters. The molecular weight excluding hydrogens is 314 g/mol. The van der Waals surface area contributed by atoms with E-state index in [0.29, 0.717) is 16.3 Å². The number of amides is 2. The molecule has 2 aromatic carbocycles. The zero-order valence-electron chi connectivity index (χ0n) is 12.9. The summed E-state index contributed by atoms with van der Waals surface area (Å²) in [5.41, 5.74) is 8.56. The predicted molar refractivity (Wildman–Crippen MR) is 91.5 cm³/mol. The van der Waals surface area contributed by atoms with Crippen LogP contribution < -0.4 is 16.2 Å².